The lowest BCUT2D eigenvalue weighted by Crippen LogP contribution is -2.34. The SMILES string of the molecule is Cc1[nH]cnc1CN1CCCC(c2[nH]ncc2Cc2ccccc2)C1. The fourth-order valence-corrected chi connectivity index (χ4v) is 3.82. The molecular formula is C20H25N5. The fourth-order valence-electron chi connectivity index (χ4n) is 3.82. The molecule has 5 heteroatoms. The molecule has 1 unspecified atom stereocenters. The summed E-state index contributed by atoms with van der Waals surface area (Å²) in [6.07, 6.45) is 7.18. The first-order valence-corrected chi connectivity index (χ1v) is 9.07. The molecule has 1 saturated heterocycles. The smallest absolute Gasteiger partial charge is 0.0925 e. The first-order chi connectivity index (χ1) is 12.3. The molecule has 1 atom stereocenters. The zero-order chi connectivity index (χ0) is 17.1. The van der Waals surface area contributed by atoms with Gasteiger partial charge >= 0.3 is 0 Å². The lowest BCUT2D eigenvalue weighted by atomic mass is 9.90. The molecule has 3 aromatic rings. The summed E-state index contributed by atoms with van der Waals surface area (Å²) in [5.41, 5.74) is 6.31. The molecule has 1 aliphatic rings. The number of aryl methyl sites for hydroxylation is 1. The minimum Gasteiger partial charge on any atom is -0.348 e. The van der Waals surface area contributed by atoms with Crippen molar-refractivity contribution in [2.75, 3.05) is 13.1 Å². The number of rotatable bonds is 5. The van der Waals surface area contributed by atoms with Gasteiger partial charge in [0.25, 0.3) is 0 Å². The predicted octanol–water partition coefficient (Wildman–Crippen LogP) is 3.41. The highest BCUT2D eigenvalue weighted by Crippen LogP contribution is 2.29. The molecule has 1 fully saturated rings. The van der Waals surface area contributed by atoms with Gasteiger partial charge in [0.1, 0.15) is 0 Å². The van der Waals surface area contributed by atoms with Gasteiger partial charge < -0.3 is 4.98 Å². The Labute approximate surface area is 148 Å². The van der Waals surface area contributed by atoms with Gasteiger partial charge in [-0.3, -0.25) is 10.00 Å². The standard InChI is InChI=1S/C20H25N5/c1-15-19(22-14-21-15)13-25-9-5-8-17(12-25)20-18(11-23-24-20)10-16-6-3-2-4-7-16/h2-4,6-7,11,14,17H,5,8-10,12-13H2,1H3,(H,21,22)(H,23,24). The molecule has 0 amide bonds. The molecule has 2 aromatic heterocycles. The summed E-state index contributed by atoms with van der Waals surface area (Å²) in [5.74, 6) is 0.522. The quantitative estimate of drug-likeness (QED) is 0.751. The molecule has 1 aliphatic heterocycles. The Morgan fingerprint density at radius 3 is 2.92 bits per heavy atom. The van der Waals surface area contributed by atoms with Crippen molar-refractivity contribution < 1.29 is 0 Å². The van der Waals surface area contributed by atoms with Crippen molar-refractivity contribution in [1.29, 1.82) is 0 Å². The fraction of sp³-hybridized carbons (Fsp3) is 0.400. The molecule has 5 nitrogen and oxygen atoms in total. The third-order valence-electron chi connectivity index (χ3n) is 5.21. The van der Waals surface area contributed by atoms with Crippen LogP contribution in [0.15, 0.2) is 42.9 Å². The lowest BCUT2D eigenvalue weighted by molar-refractivity contribution is 0.196. The van der Waals surface area contributed by atoms with Crippen molar-refractivity contribution >= 4 is 0 Å². The van der Waals surface area contributed by atoms with Crippen molar-refractivity contribution in [1.82, 2.24) is 25.1 Å². The maximum Gasteiger partial charge on any atom is 0.0925 e. The van der Waals surface area contributed by atoms with E-state index in [1.54, 1.807) is 6.33 Å². The Morgan fingerprint density at radius 2 is 2.12 bits per heavy atom. The van der Waals surface area contributed by atoms with Crippen LogP contribution in [0.5, 0.6) is 0 Å². The highest BCUT2D eigenvalue weighted by Gasteiger charge is 2.25. The number of aromatic nitrogens is 4. The minimum absolute atomic E-state index is 0.522. The van der Waals surface area contributed by atoms with E-state index in [0.29, 0.717) is 5.92 Å². The van der Waals surface area contributed by atoms with Crippen LogP contribution in [0.25, 0.3) is 0 Å². The molecule has 4 rings (SSSR count). The van der Waals surface area contributed by atoms with Crippen molar-refractivity contribution in [3.63, 3.8) is 0 Å². The normalized spacial score (nSPS) is 18.5. The largest absolute Gasteiger partial charge is 0.348 e. The van der Waals surface area contributed by atoms with Crippen LogP contribution in [-0.2, 0) is 13.0 Å². The summed E-state index contributed by atoms with van der Waals surface area (Å²) in [4.78, 5) is 10.2. The minimum atomic E-state index is 0.522. The van der Waals surface area contributed by atoms with Crippen LogP contribution in [0.4, 0.5) is 0 Å². The summed E-state index contributed by atoms with van der Waals surface area (Å²) in [7, 11) is 0. The van der Waals surface area contributed by atoms with Gasteiger partial charge in [0.05, 0.1) is 18.2 Å². The molecule has 25 heavy (non-hydrogen) atoms. The highest BCUT2D eigenvalue weighted by molar-refractivity contribution is 5.29. The van der Waals surface area contributed by atoms with Gasteiger partial charge in [0.2, 0.25) is 0 Å². The first kappa shape index (κ1) is 16.1. The van der Waals surface area contributed by atoms with Gasteiger partial charge in [-0.05, 0) is 37.4 Å². The Bertz CT molecular complexity index is 804. The molecule has 0 radical (unpaired) electrons. The van der Waals surface area contributed by atoms with Crippen LogP contribution in [0.2, 0.25) is 0 Å². The van der Waals surface area contributed by atoms with E-state index in [1.165, 1.54) is 35.4 Å². The topological polar surface area (TPSA) is 60.6 Å². The average Bonchev–Trinajstić information content (AvgIpc) is 3.26. The van der Waals surface area contributed by atoms with E-state index in [2.05, 4.69) is 62.3 Å². The number of nitrogens with zero attached hydrogens (tertiary/aromatic N) is 3. The molecule has 2 N–H and O–H groups in total. The number of benzene rings is 1. The molecule has 0 bridgehead atoms. The van der Waals surface area contributed by atoms with Gasteiger partial charge in [-0.1, -0.05) is 30.3 Å². The molecule has 0 aliphatic carbocycles. The van der Waals surface area contributed by atoms with Gasteiger partial charge in [0.15, 0.2) is 0 Å². The number of nitrogens with one attached hydrogen (secondary N) is 2. The maximum absolute atomic E-state index is 4.45. The number of piperidine rings is 1. The van der Waals surface area contributed by atoms with Crippen LogP contribution in [-0.4, -0.2) is 38.2 Å². The zero-order valence-corrected chi connectivity index (χ0v) is 14.7. The Balaban J connectivity index is 1.47. The van der Waals surface area contributed by atoms with Crippen LogP contribution in [0.1, 0.15) is 47.0 Å². The van der Waals surface area contributed by atoms with Gasteiger partial charge in [-0.25, -0.2) is 4.98 Å². The zero-order valence-electron chi connectivity index (χ0n) is 14.7. The summed E-state index contributed by atoms with van der Waals surface area (Å²) < 4.78 is 0. The molecule has 0 spiro atoms. The van der Waals surface area contributed by atoms with Gasteiger partial charge in [-0.15, -0.1) is 0 Å². The Morgan fingerprint density at radius 1 is 1.24 bits per heavy atom. The van der Waals surface area contributed by atoms with E-state index in [-0.39, 0.29) is 0 Å². The van der Waals surface area contributed by atoms with Gasteiger partial charge in [0, 0.05) is 36.8 Å². The van der Waals surface area contributed by atoms with E-state index in [0.717, 1.165) is 31.7 Å². The summed E-state index contributed by atoms with van der Waals surface area (Å²) in [6.45, 7) is 5.23. The summed E-state index contributed by atoms with van der Waals surface area (Å²) >= 11 is 0. The second-order valence-corrected chi connectivity index (χ2v) is 7.02. The number of likely N-dealkylation sites (tertiary alicyclic amines) is 1. The van der Waals surface area contributed by atoms with Crippen molar-refractivity contribution in [2.45, 2.75) is 38.6 Å². The highest BCUT2D eigenvalue weighted by atomic mass is 15.2. The Kier molecular flexibility index (Phi) is 4.65. The van der Waals surface area contributed by atoms with Gasteiger partial charge in [-0.2, -0.15) is 5.10 Å². The summed E-state index contributed by atoms with van der Waals surface area (Å²) in [6, 6.07) is 10.6. The number of imidazole rings is 1. The molecule has 130 valence electrons. The molecule has 0 saturated carbocycles. The van der Waals surface area contributed by atoms with E-state index in [9.17, 15) is 0 Å². The second kappa shape index (κ2) is 7.23. The predicted molar refractivity (Wildman–Crippen MR) is 98.4 cm³/mol. The number of hydrogen-bond acceptors (Lipinski definition) is 3. The van der Waals surface area contributed by atoms with E-state index < -0.39 is 0 Å². The lowest BCUT2D eigenvalue weighted by Gasteiger charge is -2.32. The molecule has 3 heterocycles. The van der Waals surface area contributed by atoms with Crippen LogP contribution in [0, 0.1) is 6.92 Å². The number of aromatic amines is 2. The van der Waals surface area contributed by atoms with E-state index in [4.69, 9.17) is 0 Å². The maximum atomic E-state index is 4.45. The number of H-pyrrole nitrogens is 2. The Hall–Kier alpha value is -2.40. The van der Waals surface area contributed by atoms with Crippen LogP contribution in [0.3, 0.4) is 0 Å². The monoisotopic (exact) mass is 335 g/mol. The average molecular weight is 335 g/mol. The summed E-state index contributed by atoms with van der Waals surface area (Å²) in [5, 5.41) is 7.64. The van der Waals surface area contributed by atoms with Crippen molar-refractivity contribution in [2.24, 2.45) is 0 Å². The van der Waals surface area contributed by atoms with E-state index >= 15 is 0 Å². The third-order valence-corrected chi connectivity index (χ3v) is 5.21. The third kappa shape index (κ3) is 3.66. The first-order valence-electron chi connectivity index (χ1n) is 9.07. The van der Waals surface area contributed by atoms with Crippen molar-refractivity contribution in [3.8, 4) is 0 Å². The van der Waals surface area contributed by atoms with E-state index in [1.807, 2.05) is 6.20 Å². The molecular weight excluding hydrogens is 310 g/mol. The molecule has 1 aromatic carbocycles. The second-order valence-electron chi connectivity index (χ2n) is 7.02. The number of hydrogen-bond donors (Lipinski definition) is 2. The van der Waals surface area contributed by atoms with Crippen LogP contribution < -0.4 is 0 Å². The van der Waals surface area contributed by atoms with Crippen molar-refractivity contribution in [3.05, 3.63) is 71.1 Å². The van der Waals surface area contributed by atoms with Crippen LogP contribution >= 0.6 is 0 Å².